The van der Waals surface area contributed by atoms with Gasteiger partial charge in [-0.2, -0.15) is 0 Å². The van der Waals surface area contributed by atoms with Gasteiger partial charge in [-0.25, -0.2) is 13.4 Å². The van der Waals surface area contributed by atoms with Gasteiger partial charge in [-0.15, -0.1) is 0 Å². The topological polar surface area (TPSA) is 76.1 Å². The van der Waals surface area contributed by atoms with Crippen LogP contribution in [0, 0.1) is 0 Å². The molecular formula is C21H24N2O3S2. The van der Waals surface area contributed by atoms with Crippen molar-refractivity contribution in [3.05, 3.63) is 53.6 Å². The Bertz CT molecular complexity index is 1110. The van der Waals surface area contributed by atoms with Gasteiger partial charge in [-0.1, -0.05) is 56.4 Å². The van der Waals surface area contributed by atoms with E-state index < -0.39 is 9.84 Å². The van der Waals surface area contributed by atoms with Crippen LogP contribution in [0.2, 0.25) is 0 Å². The minimum absolute atomic E-state index is 0.109. The molecule has 1 N–H and O–H groups in total. The smallest absolute Gasteiger partial charge is 0.226 e. The number of rotatable bonds is 5. The fraction of sp³-hybridized carbons (Fsp3) is 0.333. The van der Waals surface area contributed by atoms with Crippen molar-refractivity contribution in [3.63, 3.8) is 0 Å². The molecule has 0 bridgehead atoms. The predicted molar refractivity (Wildman–Crippen MR) is 115 cm³/mol. The SMILES string of the molecule is CC(C)(C)c1ccc(CCC(=O)Nc2nc3ccc(S(C)(=O)=O)cc3s2)cc1. The third kappa shape index (κ3) is 4.97. The van der Waals surface area contributed by atoms with Gasteiger partial charge >= 0.3 is 0 Å². The first-order valence-electron chi connectivity index (χ1n) is 9.02. The van der Waals surface area contributed by atoms with Crippen molar-refractivity contribution in [2.24, 2.45) is 0 Å². The number of carbonyl (C=O) groups is 1. The number of anilines is 1. The van der Waals surface area contributed by atoms with Crippen molar-refractivity contribution in [1.29, 1.82) is 0 Å². The molecule has 0 saturated heterocycles. The molecule has 1 aromatic heterocycles. The zero-order valence-corrected chi connectivity index (χ0v) is 18.1. The Hall–Kier alpha value is -2.25. The number of carbonyl (C=O) groups excluding carboxylic acids is 1. The number of fused-ring (bicyclic) bond motifs is 1. The molecule has 0 fully saturated rings. The molecule has 0 aliphatic heterocycles. The van der Waals surface area contributed by atoms with E-state index in [1.165, 1.54) is 29.2 Å². The molecular weight excluding hydrogens is 392 g/mol. The van der Waals surface area contributed by atoms with Crippen molar-refractivity contribution in [3.8, 4) is 0 Å². The maximum absolute atomic E-state index is 12.3. The summed E-state index contributed by atoms with van der Waals surface area (Å²) in [4.78, 5) is 16.9. The van der Waals surface area contributed by atoms with Crippen LogP contribution >= 0.6 is 11.3 Å². The largest absolute Gasteiger partial charge is 0.302 e. The Morgan fingerprint density at radius 3 is 2.39 bits per heavy atom. The van der Waals surface area contributed by atoms with E-state index in [9.17, 15) is 13.2 Å². The normalized spacial score (nSPS) is 12.3. The van der Waals surface area contributed by atoms with Crippen LogP contribution < -0.4 is 5.32 Å². The Morgan fingerprint density at radius 2 is 1.79 bits per heavy atom. The van der Waals surface area contributed by atoms with Crippen molar-refractivity contribution >= 4 is 42.4 Å². The maximum Gasteiger partial charge on any atom is 0.226 e. The lowest BCUT2D eigenvalue weighted by Crippen LogP contribution is -2.13. The number of nitrogens with zero attached hydrogens (tertiary/aromatic N) is 1. The molecule has 0 spiro atoms. The van der Waals surface area contributed by atoms with Crippen LogP contribution in [-0.2, 0) is 26.5 Å². The molecule has 2 aromatic carbocycles. The summed E-state index contributed by atoms with van der Waals surface area (Å²) < 4.78 is 24.1. The van der Waals surface area contributed by atoms with E-state index in [1.807, 2.05) is 0 Å². The highest BCUT2D eigenvalue weighted by Gasteiger charge is 2.14. The lowest BCUT2D eigenvalue weighted by atomic mass is 9.86. The summed E-state index contributed by atoms with van der Waals surface area (Å²) >= 11 is 1.27. The van der Waals surface area contributed by atoms with Crippen LogP contribution in [0.15, 0.2) is 47.4 Å². The summed E-state index contributed by atoms with van der Waals surface area (Å²) in [5.41, 5.74) is 3.17. The van der Waals surface area contributed by atoms with E-state index >= 15 is 0 Å². The van der Waals surface area contributed by atoms with Crippen LogP contribution in [0.5, 0.6) is 0 Å². The highest BCUT2D eigenvalue weighted by Crippen LogP contribution is 2.28. The molecule has 1 heterocycles. The number of aromatic nitrogens is 1. The molecule has 0 atom stereocenters. The number of sulfone groups is 1. The second-order valence-corrected chi connectivity index (χ2v) is 11.0. The molecule has 1 amide bonds. The van der Waals surface area contributed by atoms with Crippen molar-refractivity contribution in [2.45, 2.75) is 43.9 Å². The van der Waals surface area contributed by atoms with Gasteiger partial charge in [-0.3, -0.25) is 4.79 Å². The van der Waals surface area contributed by atoms with Gasteiger partial charge in [0, 0.05) is 12.7 Å². The minimum atomic E-state index is -3.27. The van der Waals surface area contributed by atoms with Crippen LogP contribution in [0.25, 0.3) is 10.2 Å². The van der Waals surface area contributed by atoms with E-state index in [0.717, 1.165) is 10.3 Å². The van der Waals surface area contributed by atoms with E-state index in [0.29, 0.717) is 23.5 Å². The van der Waals surface area contributed by atoms with E-state index in [-0.39, 0.29) is 16.2 Å². The van der Waals surface area contributed by atoms with Gasteiger partial charge in [-0.05, 0) is 41.2 Å². The first-order chi connectivity index (χ1) is 13.0. The number of hydrogen-bond acceptors (Lipinski definition) is 5. The Morgan fingerprint density at radius 1 is 1.11 bits per heavy atom. The molecule has 0 aliphatic carbocycles. The average Bonchev–Trinajstić information content (AvgIpc) is 3.00. The molecule has 28 heavy (non-hydrogen) atoms. The molecule has 0 radical (unpaired) electrons. The summed E-state index contributed by atoms with van der Waals surface area (Å²) in [7, 11) is -3.27. The van der Waals surface area contributed by atoms with Crippen molar-refractivity contribution in [1.82, 2.24) is 4.98 Å². The van der Waals surface area contributed by atoms with Crippen LogP contribution in [0.4, 0.5) is 5.13 Å². The molecule has 3 rings (SSSR count). The van der Waals surface area contributed by atoms with Gasteiger partial charge < -0.3 is 5.32 Å². The number of aryl methyl sites for hydroxylation is 1. The molecule has 0 aliphatic rings. The van der Waals surface area contributed by atoms with Crippen LogP contribution in [-0.4, -0.2) is 25.6 Å². The first kappa shape index (κ1) is 20.5. The summed E-state index contributed by atoms with van der Waals surface area (Å²) in [6.45, 7) is 6.52. The second-order valence-electron chi connectivity index (χ2n) is 7.92. The summed E-state index contributed by atoms with van der Waals surface area (Å²) in [6, 6.07) is 13.1. The maximum atomic E-state index is 12.3. The third-order valence-corrected chi connectivity index (χ3v) is 6.54. The van der Waals surface area contributed by atoms with Crippen molar-refractivity contribution in [2.75, 3.05) is 11.6 Å². The molecule has 148 valence electrons. The Labute approximate surface area is 169 Å². The molecule has 0 unspecified atom stereocenters. The van der Waals surface area contributed by atoms with Crippen molar-refractivity contribution < 1.29 is 13.2 Å². The monoisotopic (exact) mass is 416 g/mol. The molecule has 0 saturated carbocycles. The van der Waals surface area contributed by atoms with E-state index in [2.05, 4.69) is 55.3 Å². The zero-order chi connectivity index (χ0) is 20.5. The fourth-order valence-corrected chi connectivity index (χ4v) is 4.44. The second kappa shape index (κ2) is 7.64. The standard InChI is InChI=1S/C21H24N2O3S2/c1-21(2,3)15-8-5-14(6-9-15)7-12-19(24)23-20-22-17-11-10-16(28(4,25)26)13-18(17)27-20/h5-6,8-11,13H,7,12H2,1-4H3,(H,22,23,24). The van der Waals surface area contributed by atoms with E-state index in [1.54, 1.807) is 12.1 Å². The summed E-state index contributed by atoms with van der Waals surface area (Å²) in [6.07, 6.45) is 2.19. The summed E-state index contributed by atoms with van der Waals surface area (Å²) in [5.74, 6) is -0.109. The average molecular weight is 417 g/mol. The highest BCUT2D eigenvalue weighted by molar-refractivity contribution is 7.90. The summed E-state index contributed by atoms with van der Waals surface area (Å²) in [5, 5.41) is 3.29. The zero-order valence-electron chi connectivity index (χ0n) is 16.4. The number of thiazole rings is 1. The number of nitrogens with one attached hydrogen (secondary N) is 1. The van der Waals surface area contributed by atoms with Gasteiger partial charge in [0.1, 0.15) is 0 Å². The van der Waals surface area contributed by atoms with E-state index in [4.69, 9.17) is 0 Å². The number of hydrogen-bond donors (Lipinski definition) is 1. The van der Waals surface area contributed by atoms with Gasteiger partial charge in [0.25, 0.3) is 0 Å². The Kier molecular flexibility index (Phi) is 5.59. The minimum Gasteiger partial charge on any atom is -0.302 e. The van der Waals surface area contributed by atoms with Gasteiger partial charge in [0.15, 0.2) is 15.0 Å². The first-order valence-corrected chi connectivity index (χ1v) is 11.7. The highest BCUT2D eigenvalue weighted by atomic mass is 32.2. The van der Waals surface area contributed by atoms with Crippen LogP contribution in [0.1, 0.15) is 38.3 Å². The van der Waals surface area contributed by atoms with Gasteiger partial charge in [0.05, 0.1) is 15.1 Å². The number of benzene rings is 2. The molecule has 3 aromatic rings. The number of amides is 1. The molecule has 7 heteroatoms. The predicted octanol–water partition coefficient (Wildman–Crippen LogP) is 4.57. The quantitative estimate of drug-likeness (QED) is 0.661. The van der Waals surface area contributed by atoms with Gasteiger partial charge in [0.2, 0.25) is 5.91 Å². The lowest BCUT2D eigenvalue weighted by molar-refractivity contribution is -0.116. The Balaban J connectivity index is 1.63. The third-order valence-electron chi connectivity index (χ3n) is 4.50. The van der Waals surface area contributed by atoms with Crippen LogP contribution in [0.3, 0.4) is 0 Å². The fourth-order valence-electron chi connectivity index (χ4n) is 2.80. The molecule has 5 nitrogen and oxygen atoms in total. The lowest BCUT2D eigenvalue weighted by Gasteiger charge is -2.19.